The van der Waals surface area contributed by atoms with Crippen LogP contribution in [0.1, 0.15) is 10.6 Å². The number of thiazole rings is 1. The molecule has 1 fully saturated rings. The van der Waals surface area contributed by atoms with Crippen LogP contribution in [-0.4, -0.2) is 55.4 Å². The van der Waals surface area contributed by atoms with Crippen LogP contribution in [-0.2, 0) is 6.54 Å². The zero-order valence-corrected chi connectivity index (χ0v) is 16.5. The van der Waals surface area contributed by atoms with Crippen molar-refractivity contribution < 1.29 is 0 Å². The van der Waals surface area contributed by atoms with E-state index in [1.54, 1.807) is 17.5 Å². The van der Waals surface area contributed by atoms with Gasteiger partial charge in [0.1, 0.15) is 0 Å². The van der Waals surface area contributed by atoms with Crippen LogP contribution in [0.15, 0.2) is 48.6 Å². The van der Waals surface area contributed by atoms with Crippen molar-refractivity contribution in [2.75, 3.05) is 31.1 Å². The van der Waals surface area contributed by atoms with E-state index < -0.39 is 0 Å². The van der Waals surface area contributed by atoms with Gasteiger partial charge in [-0.15, -0.1) is 11.3 Å². The summed E-state index contributed by atoms with van der Waals surface area (Å²) in [5, 5.41) is 0. The fourth-order valence-corrected chi connectivity index (χ4v) is 4.47. The maximum atomic E-state index is 4.67. The van der Waals surface area contributed by atoms with E-state index in [4.69, 9.17) is 0 Å². The van der Waals surface area contributed by atoms with Gasteiger partial charge in [0.2, 0.25) is 0 Å². The lowest BCUT2D eigenvalue weighted by Gasteiger charge is -2.35. The molecule has 0 amide bonds. The number of nitrogens with zero attached hydrogens (tertiary/aromatic N) is 7. The molecular formula is C20H21N7S. The maximum absolute atomic E-state index is 4.67. The van der Waals surface area contributed by atoms with Gasteiger partial charge in [-0.1, -0.05) is 0 Å². The van der Waals surface area contributed by atoms with Crippen LogP contribution in [0, 0.1) is 6.92 Å². The average molecular weight is 392 g/mol. The highest BCUT2D eigenvalue weighted by Gasteiger charge is 2.22. The van der Waals surface area contributed by atoms with Gasteiger partial charge in [0.25, 0.3) is 0 Å². The lowest BCUT2D eigenvalue weighted by molar-refractivity contribution is 0.251. The van der Waals surface area contributed by atoms with Crippen molar-refractivity contribution >= 4 is 22.8 Å². The highest BCUT2D eigenvalue weighted by Crippen LogP contribution is 2.25. The molecule has 142 valence electrons. The molecule has 8 heteroatoms. The Labute approximate surface area is 167 Å². The molecule has 0 bridgehead atoms. The number of piperazine rings is 1. The Balaban J connectivity index is 1.36. The van der Waals surface area contributed by atoms with E-state index in [0.29, 0.717) is 0 Å². The number of hydrogen-bond donors (Lipinski definition) is 0. The Morgan fingerprint density at radius 1 is 1.04 bits per heavy atom. The molecule has 0 aromatic carbocycles. The summed E-state index contributed by atoms with van der Waals surface area (Å²) in [5.41, 5.74) is 6.07. The molecule has 4 aromatic rings. The van der Waals surface area contributed by atoms with Crippen molar-refractivity contribution in [3.05, 3.63) is 59.2 Å². The highest BCUT2D eigenvalue weighted by atomic mass is 32.1. The Morgan fingerprint density at radius 3 is 2.68 bits per heavy atom. The number of pyridine rings is 1. The summed E-state index contributed by atoms with van der Waals surface area (Å²) in [5.74, 6) is 0.950. The van der Waals surface area contributed by atoms with E-state index in [1.165, 1.54) is 4.88 Å². The van der Waals surface area contributed by atoms with E-state index in [1.807, 2.05) is 36.4 Å². The summed E-state index contributed by atoms with van der Waals surface area (Å²) in [7, 11) is 0. The van der Waals surface area contributed by atoms with Crippen molar-refractivity contribution in [3.63, 3.8) is 0 Å². The lowest BCUT2D eigenvalue weighted by Crippen LogP contribution is -2.46. The van der Waals surface area contributed by atoms with E-state index in [-0.39, 0.29) is 0 Å². The van der Waals surface area contributed by atoms with Crippen LogP contribution in [0.25, 0.3) is 16.9 Å². The topological polar surface area (TPSA) is 62.5 Å². The molecule has 7 nitrogen and oxygen atoms in total. The monoisotopic (exact) mass is 391 g/mol. The lowest BCUT2D eigenvalue weighted by atomic mass is 10.2. The Kier molecular flexibility index (Phi) is 4.50. The highest BCUT2D eigenvalue weighted by molar-refractivity contribution is 7.09. The summed E-state index contributed by atoms with van der Waals surface area (Å²) in [6.07, 6.45) is 9.38. The molecule has 28 heavy (non-hydrogen) atoms. The minimum Gasteiger partial charge on any atom is -0.351 e. The van der Waals surface area contributed by atoms with Crippen molar-refractivity contribution in [1.29, 1.82) is 0 Å². The van der Waals surface area contributed by atoms with Gasteiger partial charge in [0, 0.05) is 68.0 Å². The van der Waals surface area contributed by atoms with Crippen molar-refractivity contribution in [2.45, 2.75) is 13.5 Å². The van der Waals surface area contributed by atoms with Gasteiger partial charge in [-0.05, 0) is 19.1 Å². The fraction of sp³-hybridized carbons (Fsp3) is 0.300. The number of hydrogen-bond acceptors (Lipinski definition) is 7. The van der Waals surface area contributed by atoms with Crippen molar-refractivity contribution in [3.8, 4) is 11.3 Å². The molecule has 1 aliphatic rings. The van der Waals surface area contributed by atoms with E-state index in [9.17, 15) is 0 Å². The fourth-order valence-electron chi connectivity index (χ4n) is 3.66. The molecule has 0 atom stereocenters. The van der Waals surface area contributed by atoms with Gasteiger partial charge in [0.15, 0.2) is 11.5 Å². The van der Waals surface area contributed by atoms with Crippen molar-refractivity contribution in [2.24, 2.45) is 0 Å². The number of aromatic nitrogens is 5. The van der Waals surface area contributed by atoms with E-state index >= 15 is 0 Å². The summed E-state index contributed by atoms with van der Waals surface area (Å²) in [4.78, 5) is 24.1. The molecule has 0 aliphatic carbocycles. The smallest absolute Gasteiger partial charge is 0.180 e. The largest absolute Gasteiger partial charge is 0.351 e. The first-order valence-electron chi connectivity index (χ1n) is 9.38. The first-order valence-corrected chi connectivity index (χ1v) is 10.3. The summed E-state index contributed by atoms with van der Waals surface area (Å²) < 4.78 is 2.10. The third-order valence-electron chi connectivity index (χ3n) is 5.25. The number of anilines is 1. The van der Waals surface area contributed by atoms with Crippen LogP contribution >= 0.6 is 11.3 Å². The second kappa shape index (κ2) is 7.29. The van der Waals surface area contributed by atoms with Crippen molar-refractivity contribution in [1.82, 2.24) is 29.2 Å². The molecule has 5 rings (SSSR count). The SMILES string of the molecule is Cc1ncsc1CN1CCN(c2nccn3c(-c4cccnc4)cnc23)CC1. The number of aryl methyl sites for hydroxylation is 1. The number of fused-ring (bicyclic) bond motifs is 1. The van der Waals surface area contributed by atoms with Gasteiger partial charge in [-0.3, -0.25) is 14.3 Å². The number of rotatable bonds is 4. The van der Waals surface area contributed by atoms with Gasteiger partial charge in [-0.2, -0.15) is 0 Å². The quantitative estimate of drug-likeness (QED) is 0.533. The minimum absolute atomic E-state index is 0.896. The summed E-state index contributed by atoms with van der Waals surface area (Å²) in [6, 6.07) is 4.00. The van der Waals surface area contributed by atoms with Crippen LogP contribution in [0.4, 0.5) is 5.82 Å². The summed E-state index contributed by atoms with van der Waals surface area (Å²) >= 11 is 1.75. The molecular weight excluding hydrogens is 370 g/mol. The predicted molar refractivity (Wildman–Crippen MR) is 111 cm³/mol. The van der Waals surface area contributed by atoms with Crippen LogP contribution in [0.5, 0.6) is 0 Å². The minimum atomic E-state index is 0.896. The normalized spacial score (nSPS) is 15.4. The van der Waals surface area contributed by atoms with E-state index in [0.717, 1.165) is 61.1 Å². The molecule has 1 saturated heterocycles. The second-order valence-electron chi connectivity index (χ2n) is 6.95. The molecule has 1 aliphatic heterocycles. The van der Waals surface area contributed by atoms with Gasteiger partial charge in [-0.25, -0.2) is 15.0 Å². The molecule has 0 spiro atoms. The standard InChI is InChI=1S/C20H21N7S/c1-15-18(28-14-24-15)13-25-7-9-26(10-8-25)19-20-23-12-17(27(20)6-5-22-19)16-3-2-4-21-11-16/h2-6,11-12,14H,7-10,13H2,1H3. The Hall–Kier alpha value is -2.84. The molecule has 0 saturated carbocycles. The third kappa shape index (κ3) is 3.14. The maximum Gasteiger partial charge on any atom is 0.180 e. The molecule has 0 radical (unpaired) electrons. The second-order valence-corrected chi connectivity index (χ2v) is 7.89. The van der Waals surface area contributed by atoms with Crippen LogP contribution in [0.3, 0.4) is 0 Å². The molecule has 0 unspecified atom stereocenters. The molecule has 4 aromatic heterocycles. The number of imidazole rings is 1. The Bertz CT molecular complexity index is 1080. The molecule has 0 N–H and O–H groups in total. The van der Waals surface area contributed by atoms with Crippen LogP contribution < -0.4 is 4.90 Å². The zero-order chi connectivity index (χ0) is 18.9. The van der Waals surface area contributed by atoms with Crippen LogP contribution in [0.2, 0.25) is 0 Å². The van der Waals surface area contributed by atoms with Gasteiger partial charge in [0.05, 0.1) is 23.1 Å². The van der Waals surface area contributed by atoms with E-state index in [2.05, 4.69) is 47.1 Å². The first-order chi connectivity index (χ1) is 13.8. The summed E-state index contributed by atoms with van der Waals surface area (Å²) in [6.45, 7) is 6.98. The average Bonchev–Trinajstić information content (AvgIpc) is 3.35. The van der Waals surface area contributed by atoms with Gasteiger partial charge >= 0.3 is 0 Å². The Morgan fingerprint density at radius 2 is 1.93 bits per heavy atom. The predicted octanol–water partition coefficient (Wildman–Crippen LogP) is 2.88. The van der Waals surface area contributed by atoms with Gasteiger partial charge < -0.3 is 4.90 Å². The molecule has 5 heterocycles. The first kappa shape index (κ1) is 17.3. The third-order valence-corrected chi connectivity index (χ3v) is 6.17. The zero-order valence-electron chi connectivity index (χ0n) is 15.7.